The zero-order valence-electron chi connectivity index (χ0n) is 7.04. The molecule has 0 aliphatic heterocycles. The Morgan fingerprint density at radius 2 is 2.17 bits per heavy atom. The average molecular weight is 187 g/mol. The molecule has 1 aromatic heterocycles. The van der Waals surface area contributed by atoms with Crippen LogP contribution in [0.15, 0.2) is 17.1 Å². The van der Waals surface area contributed by atoms with Crippen LogP contribution >= 0.6 is 11.6 Å². The molecule has 0 aromatic carbocycles. The molecule has 1 rings (SSSR count). The molecule has 3 nitrogen and oxygen atoms in total. The van der Waals surface area contributed by atoms with Gasteiger partial charge in [-0.25, -0.2) is 0 Å². The maximum atomic E-state index is 11.3. The fourth-order valence-corrected chi connectivity index (χ4v) is 1.19. The fourth-order valence-electron chi connectivity index (χ4n) is 0.972. The minimum atomic E-state index is -0.186. The van der Waals surface area contributed by atoms with Crippen molar-refractivity contribution in [3.05, 3.63) is 27.6 Å². The number of nitrogen functional groups attached to an aromatic ring is 1. The van der Waals surface area contributed by atoms with Gasteiger partial charge in [-0.05, 0) is 19.9 Å². The lowest BCUT2D eigenvalue weighted by Crippen LogP contribution is -2.23. The van der Waals surface area contributed by atoms with E-state index in [4.69, 9.17) is 17.3 Å². The molecule has 0 bridgehead atoms. The number of hydrogen-bond donors (Lipinski definition) is 1. The van der Waals surface area contributed by atoms with Crippen LogP contribution < -0.4 is 11.3 Å². The van der Waals surface area contributed by atoms with Crippen molar-refractivity contribution < 1.29 is 0 Å². The van der Waals surface area contributed by atoms with Crippen molar-refractivity contribution in [3.63, 3.8) is 0 Å². The second-order valence-electron chi connectivity index (χ2n) is 2.92. The SMILES string of the molecule is CC(C)n1cc(Cl)cc(N)c1=O. The molecule has 66 valence electrons. The van der Waals surface area contributed by atoms with Gasteiger partial charge >= 0.3 is 0 Å². The summed E-state index contributed by atoms with van der Waals surface area (Å²) in [5, 5.41) is 0.487. The molecule has 0 aliphatic rings. The smallest absolute Gasteiger partial charge is 0.273 e. The highest BCUT2D eigenvalue weighted by Gasteiger charge is 2.04. The average Bonchev–Trinajstić information content (AvgIpc) is 1.96. The molecule has 0 saturated carbocycles. The third-order valence-corrected chi connectivity index (χ3v) is 1.80. The van der Waals surface area contributed by atoms with E-state index in [2.05, 4.69) is 0 Å². The van der Waals surface area contributed by atoms with E-state index in [1.807, 2.05) is 13.8 Å². The molecule has 0 atom stereocenters. The predicted molar refractivity (Wildman–Crippen MR) is 50.5 cm³/mol. The Bertz CT molecular complexity index is 343. The first-order valence-electron chi connectivity index (χ1n) is 3.69. The van der Waals surface area contributed by atoms with E-state index in [1.165, 1.54) is 10.6 Å². The van der Waals surface area contributed by atoms with Crippen molar-refractivity contribution in [3.8, 4) is 0 Å². The summed E-state index contributed by atoms with van der Waals surface area (Å²) >= 11 is 5.73. The lowest BCUT2D eigenvalue weighted by molar-refractivity contribution is 0.580. The van der Waals surface area contributed by atoms with Crippen molar-refractivity contribution in [1.29, 1.82) is 0 Å². The number of aromatic nitrogens is 1. The molecule has 0 unspecified atom stereocenters. The third kappa shape index (κ3) is 1.61. The number of anilines is 1. The molecule has 1 heterocycles. The summed E-state index contributed by atoms with van der Waals surface area (Å²) in [5.41, 5.74) is 5.45. The van der Waals surface area contributed by atoms with Crippen molar-refractivity contribution in [2.45, 2.75) is 19.9 Å². The lowest BCUT2D eigenvalue weighted by atomic mass is 10.3. The highest BCUT2D eigenvalue weighted by molar-refractivity contribution is 6.30. The van der Waals surface area contributed by atoms with Crippen LogP contribution in [0.1, 0.15) is 19.9 Å². The van der Waals surface area contributed by atoms with Gasteiger partial charge in [0.15, 0.2) is 0 Å². The summed E-state index contributed by atoms with van der Waals surface area (Å²) in [4.78, 5) is 11.3. The van der Waals surface area contributed by atoms with Gasteiger partial charge in [-0.1, -0.05) is 11.6 Å². The highest BCUT2D eigenvalue weighted by atomic mass is 35.5. The van der Waals surface area contributed by atoms with Gasteiger partial charge in [0.1, 0.15) is 0 Å². The summed E-state index contributed by atoms with van der Waals surface area (Å²) in [6.45, 7) is 3.80. The Morgan fingerprint density at radius 1 is 1.58 bits per heavy atom. The van der Waals surface area contributed by atoms with Crippen molar-refractivity contribution in [1.82, 2.24) is 4.57 Å². The topological polar surface area (TPSA) is 48.0 Å². The molecular formula is C8H11ClN2O. The van der Waals surface area contributed by atoms with Gasteiger partial charge in [-0.15, -0.1) is 0 Å². The number of halogens is 1. The second kappa shape index (κ2) is 3.19. The first-order valence-corrected chi connectivity index (χ1v) is 4.07. The van der Waals surface area contributed by atoms with Gasteiger partial charge in [0.2, 0.25) is 0 Å². The van der Waals surface area contributed by atoms with E-state index >= 15 is 0 Å². The Hall–Kier alpha value is -0.960. The van der Waals surface area contributed by atoms with Crippen LogP contribution in [0.25, 0.3) is 0 Å². The molecule has 0 radical (unpaired) electrons. The molecule has 4 heteroatoms. The Morgan fingerprint density at radius 3 is 2.67 bits per heavy atom. The van der Waals surface area contributed by atoms with Crippen LogP contribution in [-0.2, 0) is 0 Å². The summed E-state index contributed by atoms with van der Waals surface area (Å²) in [5.74, 6) is 0. The number of hydrogen-bond acceptors (Lipinski definition) is 2. The number of pyridine rings is 1. The van der Waals surface area contributed by atoms with Crippen molar-refractivity contribution in [2.24, 2.45) is 0 Å². The van der Waals surface area contributed by atoms with E-state index in [1.54, 1.807) is 6.20 Å². The summed E-state index contributed by atoms with van der Waals surface area (Å²) in [6, 6.07) is 1.54. The summed E-state index contributed by atoms with van der Waals surface area (Å²) in [7, 11) is 0. The molecule has 0 fully saturated rings. The lowest BCUT2D eigenvalue weighted by Gasteiger charge is -2.10. The third-order valence-electron chi connectivity index (χ3n) is 1.59. The molecular weight excluding hydrogens is 176 g/mol. The Kier molecular flexibility index (Phi) is 2.43. The Balaban J connectivity index is 3.38. The summed E-state index contributed by atoms with van der Waals surface area (Å²) in [6.07, 6.45) is 1.59. The maximum Gasteiger partial charge on any atom is 0.273 e. The van der Waals surface area contributed by atoms with E-state index in [0.29, 0.717) is 5.02 Å². The number of rotatable bonds is 1. The van der Waals surface area contributed by atoms with Gasteiger partial charge in [0, 0.05) is 12.2 Å². The molecule has 12 heavy (non-hydrogen) atoms. The van der Waals surface area contributed by atoms with Gasteiger partial charge in [-0.3, -0.25) is 4.79 Å². The summed E-state index contributed by atoms with van der Waals surface area (Å²) < 4.78 is 1.51. The van der Waals surface area contributed by atoms with Crippen LogP contribution in [0.3, 0.4) is 0 Å². The first-order chi connectivity index (χ1) is 5.52. The van der Waals surface area contributed by atoms with Crippen LogP contribution in [-0.4, -0.2) is 4.57 Å². The van der Waals surface area contributed by atoms with Crippen LogP contribution in [0.2, 0.25) is 5.02 Å². The van der Waals surface area contributed by atoms with Crippen molar-refractivity contribution >= 4 is 17.3 Å². The highest BCUT2D eigenvalue weighted by Crippen LogP contribution is 2.11. The molecule has 0 saturated heterocycles. The monoisotopic (exact) mass is 186 g/mol. The van der Waals surface area contributed by atoms with E-state index < -0.39 is 0 Å². The minimum Gasteiger partial charge on any atom is -0.394 e. The standard InChI is InChI=1S/C8H11ClN2O/c1-5(2)11-4-6(9)3-7(10)8(11)12/h3-5H,10H2,1-2H3. The predicted octanol–water partition coefficient (Wildman–Crippen LogP) is 1.66. The fraction of sp³-hybridized carbons (Fsp3) is 0.375. The molecule has 0 aliphatic carbocycles. The molecule has 0 amide bonds. The zero-order valence-corrected chi connectivity index (χ0v) is 7.80. The van der Waals surface area contributed by atoms with Crippen LogP contribution in [0.5, 0.6) is 0 Å². The largest absolute Gasteiger partial charge is 0.394 e. The Labute approximate surface area is 75.8 Å². The van der Waals surface area contributed by atoms with Crippen LogP contribution in [0.4, 0.5) is 5.69 Å². The van der Waals surface area contributed by atoms with E-state index in [-0.39, 0.29) is 17.3 Å². The van der Waals surface area contributed by atoms with Gasteiger partial charge < -0.3 is 10.3 Å². The first kappa shape index (κ1) is 9.13. The normalized spacial score (nSPS) is 10.7. The van der Waals surface area contributed by atoms with E-state index in [0.717, 1.165) is 0 Å². The van der Waals surface area contributed by atoms with Gasteiger partial charge in [0.25, 0.3) is 5.56 Å². The van der Waals surface area contributed by atoms with Crippen molar-refractivity contribution in [2.75, 3.05) is 5.73 Å². The minimum absolute atomic E-state index is 0.0819. The van der Waals surface area contributed by atoms with Crippen LogP contribution in [0, 0.1) is 0 Å². The molecule has 2 N–H and O–H groups in total. The van der Waals surface area contributed by atoms with Gasteiger partial charge in [-0.2, -0.15) is 0 Å². The molecule has 0 spiro atoms. The maximum absolute atomic E-state index is 11.3. The number of nitrogens with zero attached hydrogens (tertiary/aromatic N) is 1. The quantitative estimate of drug-likeness (QED) is 0.725. The van der Waals surface area contributed by atoms with E-state index in [9.17, 15) is 4.79 Å². The second-order valence-corrected chi connectivity index (χ2v) is 3.36. The van der Waals surface area contributed by atoms with Gasteiger partial charge in [0.05, 0.1) is 10.7 Å². The number of nitrogens with two attached hydrogens (primary N) is 1. The molecule has 1 aromatic rings. The zero-order chi connectivity index (χ0) is 9.30.